The molecular formula is C12H28O6P3-. The summed E-state index contributed by atoms with van der Waals surface area (Å²) in [5.74, 6) is 0. The van der Waals surface area contributed by atoms with E-state index >= 15 is 0 Å². The Kier molecular flexibility index (Phi) is 9.45. The van der Waals surface area contributed by atoms with Gasteiger partial charge in [0.1, 0.15) is 0 Å². The molecule has 0 rings (SSSR count). The molecule has 128 valence electrons. The quantitative estimate of drug-likeness (QED) is 0.455. The van der Waals surface area contributed by atoms with Crippen LogP contribution in [0, 0.1) is 0 Å². The van der Waals surface area contributed by atoms with E-state index in [1.165, 1.54) is 0 Å². The van der Waals surface area contributed by atoms with Crippen molar-refractivity contribution in [2.24, 2.45) is 0 Å². The Balaban J connectivity index is 5.29. The van der Waals surface area contributed by atoms with Gasteiger partial charge in [-0.2, -0.15) is 0 Å². The summed E-state index contributed by atoms with van der Waals surface area (Å²) in [6, 6.07) is 0. The van der Waals surface area contributed by atoms with Crippen molar-refractivity contribution in [3.8, 4) is 0 Å². The second-order valence-electron chi connectivity index (χ2n) is 5.64. The number of rotatable bonds is 10. The fourth-order valence-electron chi connectivity index (χ4n) is 1.33. The van der Waals surface area contributed by atoms with Gasteiger partial charge in [0.25, 0.3) is 0 Å². The van der Waals surface area contributed by atoms with Gasteiger partial charge in [-0.15, -0.1) is 0 Å². The molecular weight excluding hydrogens is 333 g/mol. The van der Waals surface area contributed by atoms with Crippen LogP contribution in [0.5, 0.6) is 0 Å². The molecule has 0 aliphatic rings. The SMILES string of the molecule is CC(C)OP(=O)(OC(C)C)[P-]P(=O)(OC(C)C)OC(C)C. The van der Waals surface area contributed by atoms with Gasteiger partial charge in [-0.3, -0.25) is 17.1 Å². The number of hydrogen-bond acceptors (Lipinski definition) is 6. The van der Waals surface area contributed by atoms with E-state index in [2.05, 4.69) is 0 Å². The minimum Gasteiger partial charge on any atom is -0.327 e. The molecule has 6 nitrogen and oxygen atoms in total. The molecule has 0 atom stereocenters. The molecule has 0 fully saturated rings. The Bertz CT molecular complexity index is 330. The van der Waals surface area contributed by atoms with E-state index in [9.17, 15) is 9.13 Å². The lowest BCUT2D eigenvalue weighted by Crippen LogP contribution is -2.08. The monoisotopic (exact) mass is 361 g/mol. The molecule has 0 amide bonds. The summed E-state index contributed by atoms with van der Waals surface area (Å²) in [6.45, 7) is 13.9. The number of hydrogen-bond donors (Lipinski definition) is 0. The van der Waals surface area contributed by atoms with E-state index in [0.717, 1.165) is 0 Å². The Morgan fingerprint density at radius 2 is 0.762 bits per heavy atom. The molecule has 0 saturated heterocycles. The lowest BCUT2D eigenvalue weighted by molar-refractivity contribution is 0.151. The maximum atomic E-state index is 12.8. The molecule has 0 heterocycles. The highest BCUT2D eigenvalue weighted by Crippen LogP contribution is 2.85. The van der Waals surface area contributed by atoms with Gasteiger partial charge in [0, 0.05) is 0 Å². The molecule has 0 radical (unpaired) electrons. The fraction of sp³-hybridized carbons (Fsp3) is 1.00. The fourth-order valence-corrected chi connectivity index (χ4v) is 11.5. The third kappa shape index (κ3) is 10.2. The largest absolute Gasteiger partial charge is 0.327 e. The summed E-state index contributed by atoms with van der Waals surface area (Å²) < 4.78 is 47.2. The van der Waals surface area contributed by atoms with Crippen molar-refractivity contribution >= 4 is 22.5 Å². The van der Waals surface area contributed by atoms with Gasteiger partial charge in [-0.25, -0.2) is 0 Å². The molecule has 0 aliphatic carbocycles. The van der Waals surface area contributed by atoms with Crippen molar-refractivity contribution in [2.45, 2.75) is 79.8 Å². The second-order valence-corrected chi connectivity index (χ2v) is 13.6. The molecule has 0 N–H and O–H groups in total. The first-order chi connectivity index (χ1) is 9.37. The molecule has 0 aliphatic heterocycles. The third-order valence-corrected chi connectivity index (χ3v) is 11.2. The van der Waals surface area contributed by atoms with Gasteiger partial charge in [0.15, 0.2) is 14.6 Å². The van der Waals surface area contributed by atoms with Gasteiger partial charge < -0.3 is 18.1 Å². The highest BCUT2D eigenvalue weighted by Gasteiger charge is 2.27. The summed E-state index contributed by atoms with van der Waals surface area (Å²) in [7, 11) is -7.29. The molecule has 0 aromatic carbocycles. The minimum atomic E-state index is -3.61. The van der Waals surface area contributed by atoms with E-state index in [0.29, 0.717) is 0 Å². The summed E-state index contributed by atoms with van der Waals surface area (Å²) in [5.41, 5.74) is 0. The summed E-state index contributed by atoms with van der Waals surface area (Å²) in [6.07, 6.45) is -1.30. The van der Waals surface area contributed by atoms with Gasteiger partial charge in [-0.05, 0) is 55.4 Å². The topological polar surface area (TPSA) is 71.1 Å². The zero-order valence-electron chi connectivity index (χ0n) is 14.1. The predicted octanol–water partition coefficient (Wildman–Crippen LogP) is 5.85. The summed E-state index contributed by atoms with van der Waals surface area (Å²) >= 11 is 0. The van der Waals surface area contributed by atoms with Crippen LogP contribution >= 0.6 is 22.5 Å². The molecule has 0 saturated carbocycles. The van der Waals surface area contributed by atoms with Crippen LogP contribution in [-0.2, 0) is 27.2 Å². The first-order valence-electron chi connectivity index (χ1n) is 7.06. The van der Waals surface area contributed by atoms with Crippen LogP contribution in [0.15, 0.2) is 0 Å². The lowest BCUT2D eigenvalue weighted by Gasteiger charge is -2.39. The van der Waals surface area contributed by atoms with E-state index in [-0.39, 0.29) is 32.4 Å². The third-order valence-electron chi connectivity index (χ3n) is 1.60. The van der Waals surface area contributed by atoms with Crippen molar-refractivity contribution in [1.29, 1.82) is 0 Å². The van der Waals surface area contributed by atoms with Crippen LogP contribution < -0.4 is 0 Å². The van der Waals surface area contributed by atoms with E-state index in [1.54, 1.807) is 55.4 Å². The molecule has 9 heteroatoms. The van der Waals surface area contributed by atoms with Crippen LogP contribution in [0.2, 0.25) is 0 Å². The Hall–Kier alpha value is 0.730. The van der Waals surface area contributed by atoms with Crippen LogP contribution in [-0.4, -0.2) is 24.4 Å². The smallest absolute Gasteiger partial charge is 0.191 e. The zero-order valence-corrected chi connectivity index (χ0v) is 16.8. The standard InChI is InChI=1S/C12H28O6P3/c1-9(2)15-20(13,16-10(3)4)19-21(14,17-11(5)6)18-12(7)8/h9-12H,1-8H3/q-1. The maximum absolute atomic E-state index is 12.8. The van der Waals surface area contributed by atoms with E-state index in [1.807, 2.05) is 0 Å². The summed E-state index contributed by atoms with van der Waals surface area (Å²) in [4.78, 5) is 0. The lowest BCUT2D eigenvalue weighted by atomic mass is 10.5. The molecule has 0 aromatic heterocycles. The molecule has 0 aromatic rings. The second kappa shape index (κ2) is 9.13. The van der Waals surface area contributed by atoms with E-state index < -0.39 is 14.6 Å². The highest BCUT2D eigenvalue weighted by molar-refractivity contribution is 8.52. The Morgan fingerprint density at radius 3 is 0.905 bits per heavy atom. The van der Waals surface area contributed by atoms with Crippen LogP contribution in [0.3, 0.4) is 0 Å². The van der Waals surface area contributed by atoms with Crippen LogP contribution in [0.25, 0.3) is 0 Å². The molecule has 0 spiro atoms. The van der Waals surface area contributed by atoms with Gasteiger partial charge in [0.05, 0.1) is 24.4 Å². The van der Waals surface area contributed by atoms with Crippen molar-refractivity contribution < 1.29 is 27.2 Å². The van der Waals surface area contributed by atoms with Crippen molar-refractivity contribution in [2.75, 3.05) is 0 Å². The van der Waals surface area contributed by atoms with E-state index in [4.69, 9.17) is 18.1 Å². The van der Waals surface area contributed by atoms with Gasteiger partial charge in [0.2, 0.25) is 0 Å². The zero-order chi connectivity index (χ0) is 16.8. The normalized spacial score (nSPS) is 13.9. The maximum Gasteiger partial charge on any atom is 0.191 e. The van der Waals surface area contributed by atoms with Crippen molar-refractivity contribution in [3.63, 3.8) is 0 Å². The van der Waals surface area contributed by atoms with Gasteiger partial charge >= 0.3 is 0 Å². The average Bonchev–Trinajstić information content (AvgIpc) is 2.07. The molecule has 21 heavy (non-hydrogen) atoms. The predicted molar refractivity (Wildman–Crippen MR) is 87.0 cm³/mol. The molecule has 0 unspecified atom stereocenters. The van der Waals surface area contributed by atoms with Crippen molar-refractivity contribution in [1.82, 2.24) is 0 Å². The van der Waals surface area contributed by atoms with Crippen molar-refractivity contribution in [3.05, 3.63) is 0 Å². The van der Waals surface area contributed by atoms with Crippen LogP contribution in [0.1, 0.15) is 55.4 Å². The molecule has 0 bridgehead atoms. The highest BCUT2D eigenvalue weighted by atomic mass is 32.5. The first-order valence-corrected chi connectivity index (χ1v) is 12.4. The summed E-state index contributed by atoms with van der Waals surface area (Å²) in [5, 5.41) is 0. The van der Waals surface area contributed by atoms with Crippen LogP contribution in [0.4, 0.5) is 0 Å². The Morgan fingerprint density at radius 1 is 0.571 bits per heavy atom. The first kappa shape index (κ1) is 21.7. The minimum absolute atomic E-state index is 0.0781. The van der Waals surface area contributed by atoms with Gasteiger partial charge in [-0.1, -0.05) is 0 Å². The Labute approximate surface area is 130 Å². The average molecular weight is 361 g/mol.